The van der Waals surface area contributed by atoms with Crippen molar-refractivity contribution in [2.24, 2.45) is 11.3 Å². The van der Waals surface area contributed by atoms with E-state index >= 15 is 0 Å². The van der Waals surface area contributed by atoms with E-state index in [1.807, 2.05) is 6.07 Å². The summed E-state index contributed by atoms with van der Waals surface area (Å²) in [6.07, 6.45) is 5.98. The Bertz CT molecular complexity index is 376. The van der Waals surface area contributed by atoms with Crippen LogP contribution in [0.3, 0.4) is 0 Å². The van der Waals surface area contributed by atoms with Crippen molar-refractivity contribution in [2.75, 3.05) is 5.32 Å². The molecule has 1 aliphatic carbocycles. The van der Waals surface area contributed by atoms with Gasteiger partial charge in [0, 0.05) is 12.2 Å². The van der Waals surface area contributed by atoms with Gasteiger partial charge in [0.2, 0.25) is 0 Å². The fraction of sp³-hybridized carbons (Fsp3) is 0.615. The van der Waals surface area contributed by atoms with Crippen LogP contribution in [0.2, 0.25) is 5.02 Å². The first-order chi connectivity index (χ1) is 7.48. The van der Waals surface area contributed by atoms with Gasteiger partial charge in [-0.1, -0.05) is 32.4 Å². The Hall–Kier alpha value is -0.760. The molecule has 1 saturated carbocycles. The van der Waals surface area contributed by atoms with Crippen LogP contribution in [-0.2, 0) is 0 Å². The number of rotatable bonds is 2. The van der Waals surface area contributed by atoms with Crippen LogP contribution in [0.15, 0.2) is 18.5 Å². The molecule has 2 unspecified atom stereocenters. The maximum atomic E-state index is 6.12. The van der Waals surface area contributed by atoms with E-state index in [1.54, 1.807) is 12.4 Å². The Kier molecular flexibility index (Phi) is 3.11. The SMILES string of the molecule is CC1CC(C)(C)CC1Nc1cnccc1Cl. The third kappa shape index (κ3) is 2.49. The van der Waals surface area contributed by atoms with Gasteiger partial charge in [-0.3, -0.25) is 4.98 Å². The molecule has 88 valence electrons. The van der Waals surface area contributed by atoms with Gasteiger partial charge in [0.1, 0.15) is 0 Å². The molecule has 0 aromatic carbocycles. The normalized spacial score (nSPS) is 28.0. The van der Waals surface area contributed by atoms with E-state index in [0.29, 0.717) is 17.4 Å². The maximum Gasteiger partial charge on any atom is 0.0718 e. The Balaban J connectivity index is 2.09. The summed E-state index contributed by atoms with van der Waals surface area (Å²) < 4.78 is 0. The van der Waals surface area contributed by atoms with Crippen molar-refractivity contribution in [3.63, 3.8) is 0 Å². The van der Waals surface area contributed by atoms with E-state index in [1.165, 1.54) is 12.8 Å². The van der Waals surface area contributed by atoms with Crippen molar-refractivity contribution in [1.29, 1.82) is 0 Å². The zero-order chi connectivity index (χ0) is 11.8. The Morgan fingerprint density at radius 3 is 2.75 bits per heavy atom. The largest absolute Gasteiger partial charge is 0.380 e. The molecule has 2 nitrogen and oxygen atoms in total. The lowest BCUT2D eigenvalue weighted by molar-refractivity contribution is 0.366. The molecule has 1 aliphatic rings. The molecule has 2 rings (SSSR count). The van der Waals surface area contributed by atoms with Gasteiger partial charge in [-0.05, 0) is 30.2 Å². The van der Waals surface area contributed by atoms with E-state index in [-0.39, 0.29) is 0 Å². The Morgan fingerprint density at radius 1 is 1.44 bits per heavy atom. The third-order valence-electron chi connectivity index (χ3n) is 3.44. The topological polar surface area (TPSA) is 24.9 Å². The average molecular weight is 239 g/mol. The van der Waals surface area contributed by atoms with Crippen LogP contribution < -0.4 is 5.32 Å². The summed E-state index contributed by atoms with van der Waals surface area (Å²) in [5, 5.41) is 4.28. The Morgan fingerprint density at radius 2 is 2.19 bits per heavy atom. The molecule has 0 spiro atoms. The molecule has 1 aromatic heterocycles. The van der Waals surface area contributed by atoms with Crippen molar-refractivity contribution in [1.82, 2.24) is 4.98 Å². The van der Waals surface area contributed by atoms with Gasteiger partial charge in [0.15, 0.2) is 0 Å². The van der Waals surface area contributed by atoms with Crippen molar-refractivity contribution in [2.45, 2.75) is 39.7 Å². The van der Waals surface area contributed by atoms with Crippen molar-refractivity contribution in [3.05, 3.63) is 23.5 Å². The molecule has 3 heteroatoms. The van der Waals surface area contributed by atoms with E-state index < -0.39 is 0 Å². The van der Waals surface area contributed by atoms with Crippen molar-refractivity contribution in [3.8, 4) is 0 Å². The van der Waals surface area contributed by atoms with Gasteiger partial charge in [0.25, 0.3) is 0 Å². The molecule has 1 heterocycles. The van der Waals surface area contributed by atoms with E-state index in [4.69, 9.17) is 11.6 Å². The molecule has 0 bridgehead atoms. The zero-order valence-electron chi connectivity index (χ0n) is 10.1. The zero-order valence-corrected chi connectivity index (χ0v) is 10.9. The second kappa shape index (κ2) is 4.25. The van der Waals surface area contributed by atoms with E-state index in [9.17, 15) is 0 Å². The lowest BCUT2D eigenvalue weighted by atomic mass is 9.91. The van der Waals surface area contributed by atoms with Gasteiger partial charge in [0.05, 0.1) is 16.9 Å². The van der Waals surface area contributed by atoms with Crippen LogP contribution in [0.5, 0.6) is 0 Å². The van der Waals surface area contributed by atoms with Gasteiger partial charge < -0.3 is 5.32 Å². The Labute approximate surface area is 102 Å². The molecule has 1 N–H and O–H groups in total. The summed E-state index contributed by atoms with van der Waals surface area (Å²) >= 11 is 6.12. The smallest absolute Gasteiger partial charge is 0.0718 e. The molecule has 0 radical (unpaired) electrons. The van der Waals surface area contributed by atoms with Crippen molar-refractivity contribution >= 4 is 17.3 Å². The lowest BCUT2D eigenvalue weighted by Gasteiger charge is -2.20. The molecule has 0 amide bonds. The number of halogens is 1. The van der Waals surface area contributed by atoms with Crippen molar-refractivity contribution < 1.29 is 0 Å². The maximum absolute atomic E-state index is 6.12. The minimum Gasteiger partial charge on any atom is -0.380 e. The lowest BCUT2D eigenvalue weighted by Crippen LogP contribution is -2.22. The second-order valence-corrected chi connectivity index (χ2v) is 6.06. The highest BCUT2D eigenvalue weighted by Crippen LogP contribution is 2.42. The van der Waals surface area contributed by atoms with Gasteiger partial charge in [-0.2, -0.15) is 0 Å². The summed E-state index contributed by atoms with van der Waals surface area (Å²) in [5.74, 6) is 0.686. The number of pyridine rings is 1. The van der Waals surface area contributed by atoms with Crippen LogP contribution in [-0.4, -0.2) is 11.0 Å². The van der Waals surface area contributed by atoms with Crippen LogP contribution in [0.1, 0.15) is 33.6 Å². The first kappa shape index (κ1) is 11.7. The molecule has 1 aromatic rings. The highest BCUT2D eigenvalue weighted by atomic mass is 35.5. The average Bonchev–Trinajstić information content (AvgIpc) is 2.44. The van der Waals surface area contributed by atoms with Crippen LogP contribution in [0, 0.1) is 11.3 Å². The molecule has 0 aliphatic heterocycles. The van der Waals surface area contributed by atoms with Gasteiger partial charge in [-0.25, -0.2) is 0 Å². The number of aromatic nitrogens is 1. The molecular formula is C13H19ClN2. The quantitative estimate of drug-likeness (QED) is 0.843. The summed E-state index contributed by atoms with van der Waals surface area (Å²) in [4.78, 5) is 4.10. The minimum atomic E-state index is 0.436. The first-order valence-corrected chi connectivity index (χ1v) is 6.22. The van der Waals surface area contributed by atoms with E-state index in [2.05, 4.69) is 31.1 Å². The number of anilines is 1. The van der Waals surface area contributed by atoms with Crippen LogP contribution in [0.4, 0.5) is 5.69 Å². The van der Waals surface area contributed by atoms with Crippen LogP contribution >= 0.6 is 11.6 Å². The number of hydrogen-bond donors (Lipinski definition) is 1. The highest BCUT2D eigenvalue weighted by Gasteiger charge is 2.36. The standard InChI is InChI=1S/C13H19ClN2/c1-9-6-13(2,3)7-11(9)16-12-8-15-5-4-10(12)14/h4-5,8-9,11,16H,6-7H2,1-3H3. The molecule has 16 heavy (non-hydrogen) atoms. The summed E-state index contributed by atoms with van der Waals surface area (Å²) in [6.45, 7) is 6.96. The monoisotopic (exact) mass is 238 g/mol. The number of nitrogens with zero attached hydrogens (tertiary/aromatic N) is 1. The van der Waals surface area contributed by atoms with Crippen LogP contribution in [0.25, 0.3) is 0 Å². The number of nitrogens with one attached hydrogen (secondary N) is 1. The van der Waals surface area contributed by atoms with Gasteiger partial charge >= 0.3 is 0 Å². The molecule has 1 fully saturated rings. The summed E-state index contributed by atoms with van der Waals surface area (Å²) in [5.41, 5.74) is 1.39. The van der Waals surface area contributed by atoms with E-state index in [0.717, 1.165) is 10.7 Å². The minimum absolute atomic E-state index is 0.436. The summed E-state index contributed by atoms with van der Waals surface area (Å²) in [7, 11) is 0. The number of hydrogen-bond acceptors (Lipinski definition) is 2. The molecule has 2 atom stereocenters. The molecular weight excluding hydrogens is 220 g/mol. The molecule has 0 saturated heterocycles. The van der Waals surface area contributed by atoms with Gasteiger partial charge in [-0.15, -0.1) is 0 Å². The predicted octanol–water partition coefficient (Wildman–Crippen LogP) is 3.97. The fourth-order valence-electron chi connectivity index (χ4n) is 2.77. The first-order valence-electron chi connectivity index (χ1n) is 5.84. The highest BCUT2D eigenvalue weighted by molar-refractivity contribution is 6.33. The summed E-state index contributed by atoms with van der Waals surface area (Å²) in [6, 6.07) is 2.34. The second-order valence-electron chi connectivity index (χ2n) is 5.66. The fourth-order valence-corrected chi connectivity index (χ4v) is 2.93. The third-order valence-corrected chi connectivity index (χ3v) is 3.77. The predicted molar refractivity (Wildman–Crippen MR) is 68.8 cm³/mol.